The van der Waals surface area contributed by atoms with Crippen LogP contribution in [0.4, 0.5) is 0 Å². The molecule has 0 bridgehead atoms. The van der Waals surface area contributed by atoms with Crippen LogP contribution < -0.4 is 5.32 Å². The van der Waals surface area contributed by atoms with Crippen molar-refractivity contribution in [3.63, 3.8) is 0 Å². The Bertz CT molecular complexity index is 881. The van der Waals surface area contributed by atoms with Gasteiger partial charge in [0.25, 0.3) is 0 Å². The Hall–Kier alpha value is -1.73. The van der Waals surface area contributed by atoms with Gasteiger partial charge in [-0.15, -0.1) is 0 Å². The Kier molecular flexibility index (Phi) is 6.88. The van der Waals surface area contributed by atoms with E-state index in [4.69, 9.17) is 0 Å². The van der Waals surface area contributed by atoms with E-state index in [2.05, 4.69) is 53.5 Å². The lowest BCUT2D eigenvalue weighted by Crippen LogP contribution is -2.45. The molecule has 2 aromatic rings. The van der Waals surface area contributed by atoms with E-state index in [1.807, 2.05) is 19.1 Å². The summed E-state index contributed by atoms with van der Waals surface area (Å²) in [5, 5.41) is 13.8. The molecule has 28 heavy (non-hydrogen) atoms. The predicted octanol–water partition coefficient (Wildman–Crippen LogP) is 2.05. The van der Waals surface area contributed by atoms with Crippen molar-refractivity contribution in [3.05, 3.63) is 70.8 Å². The Labute approximate surface area is 168 Å². The number of benzene rings is 2. The first-order valence-corrected chi connectivity index (χ1v) is 11.6. The molecule has 6 heteroatoms. The summed E-state index contributed by atoms with van der Waals surface area (Å²) < 4.78 is 24.0. The van der Waals surface area contributed by atoms with Gasteiger partial charge in [0.05, 0.1) is 23.7 Å². The van der Waals surface area contributed by atoms with Crippen LogP contribution in [0.15, 0.2) is 48.5 Å². The molecule has 1 saturated heterocycles. The van der Waals surface area contributed by atoms with E-state index in [1.165, 1.54) is 16.7 Å². The number of aryl methyl sites for hydroxylation is 2. The van der Waals surface area contributed by atoms with E-state index in [1.54, 1.807) is 0 Å². The predicted molar refractivity (Wildman–Crippen MR) is 113 cm³/mol. The zero-order valence-corrected chi connectivity index (χ0v) is 17.5. The molecule has 152 valence electrons. The molecule has 1 fully saturated rings. The van der Waals surface area contributed by atoms with Crippen LogP contribution >= 0.6 is 0 Å². The molecule has 2 aromatic carbocycles. The van der Waals surface area contributed by atoms with E-state index in [0.717, 1.165) is 18.7 Å². The molecule has 2 atom stereocenters. The molecule has 5 nitrogen and oxygen atoms in total. The third-order valence-electron chi connectivity index (χ3n) is 5.26. The molecule has 2 N–H and O–H groups in total. The van der Waals surface area contributed by atoms with Gasteiger partial charge in [0.15, 0.2) is 9.84 Å². The molecule has 0 amide bonds. The van der Waals surface area contributed by atoms with Crippen molar-refractivity contribution < 1.29 is 13.5 Å². The van der Waals surface area contributed by atoms with Crippen LogP contribution in [0.25, 0.3) is 0 Å². The maximum Gasteiger partial charge on any atom is 0.154 e. The normalized spacial score (nSPS) is 21.3. The summed E-state index contributed by atoms with van der Waals surface area (Å²) in [5.41, 5.74) is 4.77. The zero-order chi connectivity index (χ0) is 20.1. The zero-order valence-electron chi connectivity index (χ0n) is 16.6. The largest absolute Gasteiger partial charge is 0.390 e. The summed E-state index contributed by atoms with van der Waals surface area (Å²) in [7, 11) is -3.18. The van der Waals surface area contributed by atoms with Gasteiger partial charge in [0.2, 0.25) is 0 Å². The van der Waals surface area contributed by atoms with Gasteiger partial charge in [0, 0.05) is 26.2 Å². The number of rotatable bonds is 8. The van der Waals surface area contributed by atoms with E-state index >= 15 is 0 Å². The van der Waals surface area contributed by atoms with Gasteiger partial charge in [0.1, 0.15) is 0 Å². The molecular formula is C22H30N2O3S. The average Bonchev–Trinajstić information content (AvgIpc) is 2.91. The molecule has 1 aliphatic rings. The smallest absolute Gasteiger partial charge is 0.154 e. The van der Waals surface area contributed by atoms with Gasteiger partial charge in [-0.1, -0.05) is 59.7 Å². The van der Waals surface area contributed by atoms with E-state index < -0.39 is 15.9 Å². The molecule has 1 aliphatic heterocycles. The molecule has 3 rings (SSSR count). The van der Waals surface area contributed by atoms with Crippen molar-refractivity contribution in [2.45, 2.75) is 39.1 Å². The van der Waals surface area contributed by atoms with Gasteiger partial charge >= 0.3 is 0 Å². The summed E-state index contributed by atoms with van der Waals surface area (Å²) in [6.07, 6.45) is -0.827. The lowest BCUT2D eigenvalue weighted by atomic mass is 10.1. The van der Waals surface area contributed by atoms with Crippen molar-refractivity contribution in [2.24, 2.45) is 0 Å². The maximum atomic E-state index is 12.0. The number of aliphatic hydroxyl groups excluding tert-OH is 1. The van der Waals surface area contributed by atoms with Crippen molar-refractivity contribution in [2.75, 3.05) is 24.6 Å². The van der Waals surface area contributed by atoms with Crippen LogP contribution in [-0.4, -0.2) is 55.2 Å². The van der Waals surface area contributed by atoms with Gasteiger partial charge < -0.3 is 10.4 Å². The molecule has 0 unspecified atom stereocenters. The van der Waals surface area contributed by atoms with Crippen LogP contribution in [-0.2, 0) is 22.9 Å². The highest BCUT2D eigenvalue weighted by Crippen LogP contribution is 2.21. The standard InChI is InChI=1S/C22H30N2O3S/c1-17-6-8-19(9-7-17)13-23-10-11-24(14-20-5-3-4-18(2)12-20)21-15-28(26,27)16-22(21)25/h3-9,12,21-23,25H,10-11,13-16H2,1-2H3/t21-,22-/m1/s1. The van der Waals surface area contributed by atoms with Gasteiger partial charge in [-0.25, -0.2) is 8.42 Å². The molecule has 1 heterocycles. The van der Waals surface area contributed by atoms with Crippen LogP contribution in [0, 0.1) is 13.8 Å². The number of hydrogen-bond acceptors (Lipinski definition) is 5. The third-order valence-corrected chi connectivity index (χ3v) is 6.96. The van der Waals surface area contributed by atoms with E-state index in [9.17, 15) is 13.5 Å². The highest BCUT2D eigenvalue weighted by Gasteiger charge is 2.39. The second-order valence-corrected chi connectivity index (χ2v) is 9.99. The number of nitrogens with one attached hydrogen (secondary N) is 1. The average molecular weight is 403 g/mol. The van der Waals surface area contributed by atoms with Crippen molar-refractivity contribution in [1.82, 2.24) is 10.2 Å². The second kappa shape index (κ2) is 9.18. The molecule has 0 saturated carbocycles. The van der Waals surface area contributed by atoms with Crippen LogP contribution in [0.1, 0.15) is 22.3 Å². The fourth-order valence-corrected chi connectivity index (χ4v) is 5.56. The molecule has 0 radical (unpaired) electrons. The van der Waals surface area contributed by atoms with E-state index in [-0.39, 0.29) is 17.5 Å². The summed E-state index contributed by atoms with van der Waals surface area (Å²) in [4.78, 5) is 2.10. The second-order valence-electron chi connectivity index (χ2n) is 7.83. The summed E-state index contributed by atoms with van der Waals surface area (Å²) in [6, 6.07) is 16.3. The minimum Gasteiger partial charge on any atom is -0.390 e. The van der Waals surface area contributed by atoms with Crippen LogP contribution in [0.5, 0.6) is 0 Å². The molecule has 0 aliphatic carbocycles. The lowest BCUT2D eigenvalue weighted by molar-refractivity contribution is 0.0786. The highest BCUT2D eigenvalue weighted by molar-refractivity contribution is 7.91. The SMILES string of the molecule is Cc1ccc(CNCCN(Cc2cccc(C)c2)[C@@H]2CS(=O)(=O)C[C@H]2O)cc1. The summed E-state index contributed by atoms with van der Waals surface area (Å²) in [5.74, 6) is -0.114. The molecule has 0 aromatic heterocycles. The Morgan fingerprint density at radius 1 is 1.04 bits per heavy atom. The Morgan fingerprint density at radius 2 is 1.79 bits per heavy atom. The summed E-state index contributed by atoms with van der Waals surface area (Å²) in [6.45, 7) is 6.92. The van der Waals surface area contributed by atoms with E-state index in [0.29, 0.717) is 13.1 Å². The van der Waals surface area contributed by atoms with Gasteiger partial charge in [-0.2, -0.15) is 0 Å². The first-order chi connectivity index (χ1) is 13.3. The van der Waals surface area contributed by atoms with Crippen molar-refractivity contribution in [3.8, 4) is 0 Å². The summed E-state index contributed by atoms with van der Waals surface area (Å²) >= 11 is 0. The fourth-order valence-electron chi connectivity index (χ4n) is 3.73. The minimum absolute atomic E-state index is 0.0257. The van der Waals surface area contributed by atoms with Crippen LogP contribution in [0.3, 0.4) is 0 Å². The minimum atomic E-state index is -3.18. The van der Waals surface area contributed by atoms with Crippen molar-refractivity contribution in [1.29, 1.82) is 0 Å². The number of hydrogen-bond donors (Lipinski definition) is 2. The maximum absolute atomic E-state index is 12.0. The topological polar surface area (TPSA) is 69.6 Å². The Morgan fingerprint density at radius 3 is 2.43 bits per heavy atom. The molecular weight excluding hydrogens is 372 g/mol. The number of nitrogens with zero attached hydrogens (tertiary/aromatic N) is 1. The number of aliphatic hydroxyl groups is 1. The lowest BCUT2D eigenvalue weighted by Gasteiger charge is -2.30. The Balaban J connectivity index is 1.63. The van der Waals surface area contributed by atoms with Crippen molar-refractivity contribution >= 4 is 9.84 Å². The first kappa shape index (κ1) is 21.0. The number of sulfone groups is 1. The van der Waals surface area contributed by atoms with Gasteiger partial charge in [-0.3, -0.25) is 4.90 Å². The first-order valence-electron chi connectivity index (χ1n) is 9.77. The van der Waals surface area contributed by atoms with Crippen LogP contribution in [0.2, 0.25) is 0 Å². The fraction of sp³-hybridized carbons (Fsp3) is 0.455. The third kappa shape index (κ3) is 5.88. The molecule has 0 spiro atoms. The quantitative estimate of drug-likeness (QED) is 0.662. The highest BCUT2D eigenvalue weighted by atomic mass is 32.2. The monoisotopic (exact) mass is 402 g/mol. The van der Waals surface area contributed by atoms with Gasteiger partial charge in [-0.05, 0) is 25.0 Å².